The molecule has 2 aromatic rings. The van der Waals surface area contributed by atoms with E-state index >= 15 is 0 Å². The van der Waals surface area contributed by atoms with Crippen molar-refractivity contribution in [1.82, 2.24) is 4.57 Å². The Bertz CT molecular complexity index is 701. The highest BCUT2D eigenvalue weighted by atomic mass is 16.3. The van der Waals surface area contributed by atoms with Crippen molar-refractivity contribution in [2.45, 2.75) is 19.4 Å². The van der Waals surface area contributed by atoms with Gasteiger partial charge in [-0.2, -0.15) is 0 Å². The second-order valence-electron chi connectivity index (χ2n) is 4.63. The lowest BCUT2D eigenvalue weighted by molar-refractivity contribution is 0.0955. The van der Waals surface area contributed by atoms with Crippen LogP contribution >= 0.6 is 0 Å². The number of nitrogens with zero attached hydrogens (tertiary/aromatic N) is 1. The Balaban J connectivity index is 1.91. The van der Waals surface area contributed by atoms with Crippen LogP contribution in [0.4, 0.5) is 0 Å². The van der Waals surface area contributed by atoms with Crippen LogP contribution in [-0.4, -0.2) is 15.5 Å². The number of phenolic OH excluding ortho intramolecular Hbond substituents is 1. The fraction of sp³-hybridized carbons (Fsp3) is 0.188. The molecule has 2 heterocycles. The largest absolute Gasteiger partial charge is 0.508 e. The van der Waals surface area contributed by atoms with Crippen molar-refractivity contribution in [3.05, 3.63) is 53.3 Å². The zero-order valence-electron chi connectivity index (χ0n) is 10.4. The topological polar surface area (TPSA) is 42.2 Å². The number of Topliss-reactive ketones (excluding diaryl/α,β-unsaturated/α-hetero) is 1. The Morgan fingerprint density at radius 1 is 1.16 bits per heavy atom. The maximum Gasteiger partial charge on any atom is 0.179 e. The third kappa shape index (κ3) is 2.38. The lowest BCUT2D eigenvalue weighted by Crippen LogP contribution is -2.14. The number of phenols is 1. The fourth-order valence-electron chi connectivity index (χ4n) is 2.26. The second kappa shape index (κ2) is 4.66. The summed E-state index contributed by atoms with van der Waals surface area (Å²) in [7, 11) is 0. The van der Waals surface area contributed by atoms with E-state index in [0.29, 0.717) is 6.42 Å². The van der Waals surface area contributed by atoms with Gasteiger partial charge in [0.15, 0.2) is 5.78 Å². The van der Waals surface area contributed by atoms with Gasteiger partial charge >= 0.3 is 0 Å². The number of ketones is 1. The van der Waals surface area contributed by atoms with Gasteiger partial charge < -0.3 is 9.67 Å². The summed E-state index contributed by atoms with van der Waals surface area (Å²) >= 11 is 0. The molecule has 1 aliphatic rings. The van der Waals surface area contributed by atoms with E-state index in [0.717, 1.165) is 29.8 Å². The van der Waals surface area contributed by atoms with E-state index in [1.165, 1.54) is 0 Å². The zero-order chi connectivity index (χ0) is 13.2. The standard InChI is InChI=1S/C16H13NO2/c18-14-4-1-3-12(9-14)6-7-13-10-15-16(19)5-2-8-17(15)11-13/h1,3-4,9-11,18H,2,5,8H2. The van der Waals surface area contributed by atoms with Gasteiger partial charge in [-0.3, -0.25) is 4.79 Å². The summed E-state index contributed by atoms with van der Waals surface area (Å²) in [6.07, 6.45) is 3.45. The van der Waals surface area contributed by atoms with E-state index in [2.05, 4.69) is 11.8 Å². The number of benzene rings is 1. The normalized spacial score (nSPS) is 13.6. The highest BCUT2D eigenvalue weighted by Crippen LogP contribution is 2.17. The molecule has 0 saturated carbocycles. The molecule has 0 aliphatic carbocycles. The molecule has 3 nitrogen and oxygen atoms in total. The van der Waals surface area contributed by atoms with Crippen molar-refractivity contribution in [3.8, 4) is 17.6 Å². The number of hydrogen-bond acceptors (Lipinski definition) is 2. The Kier molecular flexibility index (Phi) is 2.85. The van der Waals surface area contributed by atoms with E-state index in [1.807, 2.05) is 22.9 Å². The van der Waals surface area contributed by atoms with Crippen LogP contribution in [-0.2, 0) is 6.54 Å². The molecule has 0 spiro atoms. The molecule has 19 heavy (non-hydrogen) atoms. The predicted molar refractivity (Wildman–Crippen MR) is 72.1 cm³/mol. The molecule has 0 saturated heterocycles. The van der Waals surface area contributed by atoms with E-state index in [4.69, 9.17) is 0 Å². The van der Waals surface area contributed by atoms with Gasteiger partial charge in [-0.15, -0.1) is 0 Å². The number of aromatic nitrogens is 1. The van der Waals surface area contributed by atoms with Crippen molar-refractivity contribution in [1.29, 1.82) is 0 Å². The van der Waals surface area contributed by atoms with Crippen molar-refractivity contribution in [2.75, 3.05) is 0 Å². The molecule has 0 bridgehead atoms. The van der Waals surface area contributed by atoms with Gasteiger partial charge in [0.2, 0.25) is 0 Å². The molecule has 1 aromatic heterocycles. The highest BCUT2D eigenvalue weighted by Gasteiger charge is 2.17. The molecule has 3 heteroatoms. The van der Waals surface area contributed by atoms with Gasteiger partial charge in [-0.05, 0) is 30.7 Å². The van der Waals surface area contributed by atoms with Gasteiger partial charge in [0, 0.05) is 30.3 Å². The smallest absolute Gasteiger partial charge is 0.179 e. The highest BCUT2D eigenvalue weighted by molar-refractivity contribution is 5.95. The summed E-state index contributed by atoms with van der Waals surface area (Å²) in [4.78, 5) is 11.7. The molecule has 0 fully saturated rings. The minimum absolute atomic E-state index is 0.191. The minimum atomic E-state index is 0.191. The van der Waals surface area contributed by atoms with Crippen LogP contribution in [0.2, 0.25) is 0 Å². The number of carbonyl (C=O) groups excluding carboxylic acids is 1. The number of aryl methyl sites for hydroxylation is 1. The fourth-order valence-corrected chi connectivity index (χ4v) is 2.26. The van der Waals surface area contributed by atoms with Gasteiger partial charge in [0.25, 0.3) is 0 Å². The second-order valence-corrected chi connectivity index (χ2v) is 4.63. The first-order chi connectivity index (χ1) is 9.22. The van der Waals surface area contributed by atoms with Crippen LogP contribution in [0.3, 0.4) is 0 Å². The summed E-state index contributed by atoms with van der Waals surface area (Å²) in [5, 5.41) is 9.36. The van der Waals surface area contributed by atoms with Gasteiger partial charge in [0.1, 0.15) is 5.75 Å². The quantitative estimate of drug-likeness (QED) is 0.731. The third-order valence-corrected chi connectivity index (χ3v) is 3.18. The Morgan fingerprint density at radius 3 is 2.79 bits per heavy atom. The average Bonchev–Trinajstić information content (AvgIpc) is 2.81. The molecule has 0 atom stereocenters. The van der Waals surface area contributed by atoms with Crippen LogP contribution in [0.25, 0.3) is 0 Å². The summed E-state index contributed by atoms with van der Waals surface area (Å²) in [6, 6.07) is 8.67. The van der Waals surface area contributed by atoms with Gasteiger partial charge in [-0.1, -0.05) is 17.9 Å². The molecule has 0 amide bonds. The molecule has 0 radical (unpaired) electrons. The summed E-state index contributed by atoms with van der Waals surface area (Å²) in [5.41, 5.74) is 2.36. The first kappa shape index (κ1) is 11.6. The van der Waals surface area contributed by atoms with Crippen LogP contribution in [0.1, 0.15) is 34.5 Å². The number of fused-ring (bicyclic) bond motifs is 1. The molecule has 0 unspecified atom stereocenters. The SMILES string of the molecule is O=C1CCCn2cc(C#Cc3cccc(O)c3)cc21. The number of rotatable bonds is 0. The Morgan fingerprint density at radius 2 is 2.00 bits per heavy atom. The minimum Gasteiger partial charge on any atom is -0.508 e. The number of hydrogen-bond donors (Lipinski definition) is 1. The molecule has 94 valence electrons. The van der Waals surface area contributed by atoms with Gasteiger partial charge in [0.05, 0.1) is 5.69 Å². The Hall–Kier alpha value is -2.47. The van der Waals surface area contributed by atoms with Crippen LogP contribution in [0.15, 0.2) is 36.5 Å². The van der Waals surface area contributed by atoms with Crippen molar-refractivity contribution in [3.63, 3.8) is 0 Å². The van der Waals surface area contributed by atoms with E-state index < -0.39 is 0 Å². The van der Waals surface area contributed by atoms with Crippen LogP contribution in [0.5, 0.6) is 5.75 Å². The van der Waals surface area contributed by atoms with Crippen molar-refractivity contribution < 1.29 is 9.90 Å². The summed E-state index contributed by atoms with van der Waals surface area (Å²) < 4.78 is 1.97. The molecule has 1 N–H and O–H groups in total. The zero-order valence-corrected chi connectivity index (χ0v) is 10.4. The maximum atomic E-state index is 11.7. The molecular formula is C16H13NO2. The maximum absolute atomic E-state index is 11.7. The monoisotopic (exact) mass is 251 g/mol. The van der Waals surface area contributed by atoms with Crippen LogP contribution < -0.4 is 0 Å². The summed E-state index contributed by atoms with van der Waals surface area (Å²) in [5.74, 6) is 6.42. The van der Waals surface area contributed by atoms with E-state index in [1.54, 1.807) is 18.2 Å². The third-order valence-electron chi connectivity index (χ3n) is 3.18. The molecule has 1 aliphatic heterocycles. The van der Waals surface area contributed by atoms with Crippen molar-refractivity contribution in [2.24, 2.45) is 0 Å². The summed E-state index contributed by atoms with van der Waals surface area (Å²) in [6.45, 7) is 0.884. The first-order valence-corrected chi connectivity index (χ1v) is 6.27. The van der Waals surface area contributed by atoms with E-state index in [9.17, 15) is 9.90 Å². The Labute approximate surface area is 111 Å². The number of carbonyl (C=O) groups is 1. The number of aromatic hydroxyl groups is 1. The van der Waals surface area contributed by atoms with Gasteiger partial charge in [-0.25, -0.2) is 0 Å². The lowest BCUT2D eigenvalue weighted by Gasteiger charge is -2.12. The molecule has 3 rings (SSSR count). The average molecular weight is 251 g/mol. The first-order valence-electron chi connectivity index (χ1n) is 6.27. The molecular weight excluding hydrogens is 238 g/mol. The predicted octanol–water partition coefficient (Wildman–Crippen LogP) is 2.57. The van der Waals surface area contributed by atoms with Crippen molar-refractivity contribution >= 4 is 5.78 Å². The lowest BCUT2D eigenvalue weighted by atomic mass is 10.1. The van der Waals surface area contributed by atoms with E-state index in [-0.39, 0.29) is 11.5 Å². The van der Waals surface area contributed by atoms with Crippen LogP contribution in [0, 0.1) is 11.8 Å². The molecule has 1 aromatic carbocycles.